The van der Waals surface area contributed by atoms with E-state index in [0.717, 1.165) is 12.8 Å². The minimum Gasteiger partial charge on any atom is -0.383 e. The van der Waals surface area contributed by atoms with Gasteiger partial charge >= 0.3 is 0 Å². The summed E-state index contributed by atoms with van der Waals surface area (Å²) in [5.74, 6) is 0.0437. The highest BCUT2D eigenvalue weighted by Gasteiger charge is 2.38. The van der Waals surface area contributed by atoms with Crippen LogP contribution in [0.3, 0.4) is 0 Å². The maximum absolute atomic E-state index is 12.4. The molecule has 1 heterocycles. The van der Waals surface area contributed by atoms with Gasteiger partial charge in [0.15, 0.2) is 0 Å². The SMILES string of the molecule is C=CCN(C1CC1)S(=O)(=O)c1cccnc1N. The predicted molar refractivity (Wildman–Crippen MR) is 65.8 cm³/mol. The minimum atomic E-state index is -3.56. The molecule has 2 rings (SSSR count). The Bertz CT molecular complexity index is 523. The van der Waals surface area contributed by atoms with Crippen LogP contribution in [-0.4, -0.2) is 30.3 Å². The molecule has 1 saturated carbocycles. The average Bonchev–Trinajstić information content (AvgIpc) is 3.10. The van der Waals surface area contributed by atoms with Gasteiger partial charge in [-0.15, -0.1) is 6.58 Å². The van der Waals surface area contributed by atoms with Crippen molar-refractivity contribution in [2.75, 3.05) is 12.3 Å². The lowest BCUT2D eigenvalue weighted by Crippen LogP contribution is -2.33. The molecule has 0 spiro atoms. The molecule has 0 atom stereocenters. The lowest BCUT2D eigenvalue weighted by atomic mass is 10.5. The summed E-state index contributed by atoms with van der Waals surface area (Å²) in [6.45, 7) is 3.89. The molecule has 0 radical (unpaired) electrons. The monoisotopic (exact) mass is 253 g/mol. The van der Waals surface area contributed by atoms with Gasteiger partial charge in [0.05, 0.1) is 0 Å². The molecule has 1 fully saturated rings. The molecule has 17 heavy (non-hydrogen) atoms. The highest BCUT2D eigenvalue weighted by atomic mass is 32.2. The lowest BCUT2D eigenvalue weighted by molar-refractivity contribution is 0.436. The summed E-state index contributed by atoms with van der Waals surface area (Å²) < 4.78 is 26.2. The van der Waals surface area contributed by atoms with E-state index in [0.29, 0.717) is 6.54 Å². The molecular formula is C11H15N3O2S. The summed E-state index contributed by atoms with van der Waals surface area (Å²) in [4.78, 5) is 3.89. The van der Waals surface area contributed by atoms with Crippen LogP contribution in [0.1, 0.15) is 12.8 Å². The first-order valence-corrected chi connectivity index (χ1v) is 6.84. The zero-order valence-corrected chi connectivity index (χ0v) is 10.2. The Morgan fingerprint density at radius 1 is 1.59 bits per heavy atom. The maximum atomic E-state index is 12.4. The molecular weight excluding hydrogens is 238 g/mol. The summed E-state index contributed by atoms with van der Waals surface area (Å²) in [5.41, 5.74) is 5.62. The van der Waals surface area contributed by atoms with Gasteiger partial charge in [0, 0.05) is 18.8 Å². The summed E-state index contributed by atoms with van der Waals surface area (Å²) in [5, 5.41) is 0. The van der Waals surface area contributed by atoms with Crippen molar-refractivity contribution in [1.82, 2.24) is 9.29 Å². The third-order valence-electron chi connectivity index (χ3n) is 2.65. The fourth-order valence-electron chi connectivity index (χ4n) is 1.68. The van der Waals surface area contributed by atoms with Gasteiger partial charge in [-0.2, -0.15) is 4.31 Å². The van der Waals surface area contributed by atoms with Gasteiger partial charge in [-0.1, -0.05) is 6.08 Å². The topological polar surface area (TPSA) is 76.3 Å². The van der Waals surface area contributed by atoms with Gasteiger partial charge in [0.25, 0.3) is 0 Å². The second-order valence-corrected chi connectivity index (χ2v) is 5.84. The normalized spacial score (nSPS) is 16.1. The van der Waals surface area contributed by atoms with Crippen LogP contribution in [-0.2, 0) is 10.0 Å². The molecule has 0 saturated heterocycles. The van der Waals surface area contributed by atoms with Gasteiger partial charge in [0.2, 0.25) is 10.0 Å². The molecule has 2 N–H and O–H groups in total. The Morgan fingerprint density at radius 3 is 2.82 bits per heavy atom. The molecule has 0 bridgehead atoms. The summed E-state index contributed by atoms with van der Waals surface area (Å²) in [6, 6.07) is 3.14. The second-order valence-electron chi connectivity index (χ2n) is 3.98. The van der Waals surface area contributed by atoms with E-state index in [1.54, 1.807) is 12.1 Å². The van der Waals surface area contributed by atoms with E-state index in [4.69, 9.17) is 5.73 Å². The highest BCUT2D eigenvalue weighted by molar-refractivity contribution is 7.89. The third-order valence-corrected chi connectivity index (χ3v) is 4.62. The van der Waals surface area contributed by atoms with Gasteiger partial charge in [-0.25, -0.2) is 13.4 Å². The fraction of sp³-hybridized carbons (Fsp3) is 0.364. The van der Waals surface area contributed by atoms with Gasteiger partial charge in [-0.05, 0) is 25.0 Å². The highest BCUT2D eigenvalue weighted by Crippen LogP contribution is 2.32. The Balaban J connectivity index is 2.40. The number of nitrogens with zero attached hydrogens (tertiary/aromatic N) is 2. The molecule has 0 aromatic carbocycles. The number of hydrogen-bond acceptors (Lipinski definition) is 4. The van der Waals surface area contributed by atoms with Crippen LogP contribution >= 0.6 is 0 Å². The fourth-order valence-corrected chi connectivity index (χ4v) is 3.41. The van der Waals surface area contributed by atoms with Crippen molar-refractivity contribution >= 4 is 15.8 Å². The van der Waals surface area contributed by atoms with E-state index in [9.17, 15) is 8.42 Å². The lowest BCUT2D eigenvalue weighted by Gasteiger charge is -2.20. The number of nitrogens with two attached hydrogens (primary N) is 1. The molecule has 1 aliphatic carbocycles. The smallest absolute Gasteiger partial charge is 0.247 e. The third kappa shape index (κ3) is 2.32. The van der Waals surface area contributed by atoms with E-state index < -0.39 is 10.0 Å². The number of rotatable bonds is 5. The van der Waals surface area contributed by atoms with E-state index in [1.165, 1.54) is 16.6 Å². The zero-order valence-electron chi connectivity index (χ0n) is 9.41. The minimum absolute atomic E-state index is 0.0437. The molecule has 0 unspecified atom stereocenters. The van der Waals surface area contributed by atoms with E-state index in [-0.39, 0.29) is 16.8 Å². The van der Waals surface area contributed by atoms with E-state index >= 15 is 0 Å². The van der Waals surface area contributed by atoms with Crippen molar-refractivity contribution in [3.63, 3.8) is 0 Å². The van der Waals surface area contributed by atoms with Gasteiger partial charge < -0.3 is 5.73 Å². The Kier molecular flexibility index (Phi) is 3.17. The van der Waals surface area contributed by atoms with Crippen molar-refractivity contribution in [1.29, 1.82) is 0 Å². The van der Waals surface area contributed by atoms with Crippen LogP contribution in [0.5, 0.6) is 0 Å². The van der Waals surface area contributed by atoms with Crippen LogP contribution in [0.4, 0.5) is 5.82 Å². The van der Waals surface area contributed by atoms with Gasteiger partial charge in [0.1, 0.15) is 10.7 Å². The first-order valence-electron chi connectivity index (χ1n) is 5.40. The van der Waals surface area contributed by atoms with Crippen LogP contribution in [0.25, 0.3) is 0 Å². The quantitative estimate of drug-likeness (QED) is 0.794. The number of sulfonamides is 1. The molecule has 1 aliphatic rings. The summed E-state index contributed by atoms with van der Waals surface area (Å²) in [7, 11) is -3.56. The van der Waals surface area contributed by atoms with Crippen molar-refractivity contribution in [2.24, 2.45) is 0 Å². The van der Waals surface area contributed by atoms with Crippen LogP contribution in [0.2, 0.25) is 0 Å². The van der Waals surface area contributed by atoms with Crippen LogP contribution < -0.4 is 5.73 Å². The average molecular weight is 253 g/mol. The molecule has 5 nitrogen and oxygen atoms in total. The second kappa shape index (κ2) is 4.46. The first-order chi connectivity index (χ1) is 8.07. The van der Waals surface area contributed by atoms with Crippen LogP contribution in [0, 0.1) is 0 Å². The van der Waals surface area contributed by atoms with Crippen LogP contribution in [0.15, 0.2) is 35.9 Å². The van der Waals surface area contributed by atoms with E-state index in [2.05, 4.69) is 11.6 Å². The largest absolute Gasteiger partial charge is 0.383 e. The molecule has 6 heteroatoms. The van der Waals surface area contributed by atoms with Gasteiger partial charge in [-0.3, -0.25) is 0 Å². The standard InChI is InChI=1S/C11H15N3O2S/c1-2-8-14(9-5-6-9)17(15,16)10-4-3-7-13-11(10)12/h2-4,7,9H,1,5-6,8H2,(H2,12,13). The number of hydrogen-bond donors (Lipinski definition) is 1. The molecule has 0 amide bonds. The first kappa shape index (κ1) is 12.1. The number of pyridine rings is 1. The molecule has 0 aliphatic heterocycles. The van der Waals surface area contributed by atoms with Crippen molar-refractivity contribution < 1.29 is 8.42 Å². The molecule has 92 valence electrons. The number of nitrogen functional groups attached to an aromatic ring is 1. The Morgan fingerprint density at radius 2 is 2.29 bits per heavy atom. The predicted octanol–water partition coefficient (Wildman–Crippen LogP) is 1.00. The molecule has 1 aromatic heterocycles. The summed E-state index contributed by atoms with van der Waals surface area (Å²) >= 11 is 0. The zero-order chi connectivity index (χ0) is 12.5. The number of aromatic nitrogens is 1. The van der Waals surface area contributed by atoms with E-state index in [1.807, 2.05) is 0 Å². The molecule has 1 aromatic rings. The number of anilines is 1. The van der Waals surface area contributed by atoms with Crippen molar-refractivity contribution in [3.8, 4) is 0 Å². The Labute approximate surface area is 101 Å². The van der Waals surface area contributed by atoms with Crippen molar-refractivity contribution in [2.45, 2.75) is 23.8 Å². The Hall–Kier alpha value is -1.40. The maximum Gasteiger partial charge on any atom is 0.247 e. The summed E-state index contributed by atoms with van der Waals surface area (Å²) in [6.07, 6.45) is 4.85. The van der Waals surface area contributed by atoms with Crippen molar-refractivity contribution in [3.05, 3.63) is 31.0 Å².